The average molecular weight is 397 g/mol. The van der Waals surface area contributed by atoms with Crippen molar-refractivity contribution in [3.63, 3.8) is 0 Å². The number of hydrogen-bond donors (Lipinski definition) is 1. The Morgan fingerprint density at radius 1 is 1.14 bits per heavy atom. The molecule has 0 radical (unpaired) electrons. The number of nitrogens with one attached hydrogen (secondary N) is 1. The second kappa shape index (κ2) is 8.12. The van der Waals surface area contributed by atoms with E-state index in [9.17, 15) is 18.0 Å². The van der Waals surface area contributed by atoms with Crippen LogP contribution in [0.2, 0.25) is 0 Å². The van der Waals surface area contributed by atoms with Gasteiger partial charge in [-0.15, -0.1) is 0 Å². The van der Waals surface area contributed by atoms with E-state index in [1.165, 1.54) is 18.9 Å². The standard InChI is InChI=1S/C19H22F3N3O3/c1-27-13-9-12(10-14(11-13)28-2)18(26)23-7-8-25-16-6-4-3-5-15(16)17(24-25)19(20,21)22/h9-11H,3-8H2,1-2H3,(H,23,26). The number of alkyl halides is 3. The molecule has 1 amide bonds. The minimum Gasteiger partial charge on any atom is -0.497 e. The van der Waals surface area contributed by atoms with E-state index in [0.29, 0.717) is 41.2 Å². The second-order valence-electron chi connectivity index (χ2n) is 6.56. The summed E-state index contributed by atoms with van der Waals surface area (Å²) in [6.07, 6.45) is -1.94. The smallest absolute Gasteiger partial charge is 0.435 e. The number of rotatable bonds is 6. The minimum absolute atomic E-state index is 0.157. The Morgan fingerprint density at radius 2 is 1.79 bits per heavy atom. The number of methoxy groups -OCH3 is 2. The van der Waals surface area contributed by atoms with Crippen LogP contribution in [0.4, 0.5) is 13.2 Å². The number of carbonyl (C=O) groups excluding carboxylic acids is 1. The highest BCUT2D eigenvalue weighted by molar-refractivity contribution is 5.95. The molecule has 6 nitrogen and oxygen atoms in total. The van der Waals surface area contributed by atoms with Crippen molar-refractivity contribution in [1.82, 2.24) is 15.1 Å². The third kappa shape index (κ3) is 4.23. The first kappa shape index (κ1) is 20.0. The maximum absolute atomic E-state index is 13.2. The summed E-state index contributed by atoms with van der Waals surface area (Å²) in [6.45, 7) is 0.328. The number of aromatic nitrogens is 2. The van der Waals surface area contributed by atoms with E-state index in [-0.39, 0.29) is 19.0 Å². The monoisotopic (exact) mass is 397 g/mol. The summed E-state index contributed by atoms with van der Waals surface area (Å²) in [4.78, 5) is 12.4. The summed E-state index contributed by atoms with van der Waals surface area (Å²) in [5, 5.41) is 6.50. The molecular formula is C19H22F3N3O3. The molecule has 0 spiro atoms. The van der Waals surface area contributed by atoms with Crippen molar-refractivity contribution in [3.05, 3.63) is 40.7 Å². The Labute approximate surface area is 160 Å². The fraction of sp³-hybridized carbons (Fsp3) is 0.474. The quantitative estimate of drug-likeness (QED) is 0.813. The molecule has 1 N–H and O–H groups in total. The molecule has 1 aliphatic carbocycles. The molecule has 0 saturated heterocycles. The van der Waals surface area contributed by atoms with Crippen LogP contribution in [0, 0.1) is 0 Å². The average Bonchev–Trinajstić information content (AvgIpc) is 3.06. The molecule has 0 atom stereocenters. The lowest BCUT2D eigenvalue weighted by molar-refractivity contribution is -0.142. The van der Waals surface area contributed by atoms with Gasteiger partial charge in [0, 0.05) is 29.4 Å². The van der Waals surface area contributed by atoms with Crippen molar-refractivity contribution in [1.29, 1.82) is 0 Å². The van der Waals surface area contributed by atoms with Gasteiger partial charge in [-0.25, -0.2) is 0 Å². The normalized spacial score (nSPS) is 13.8. The SMILES string of the molecule is COc1cc(OC)cc(C(=O)NCCn2nc(C(F)(F)F)c3c2CCCC3)c1. The predicted octanol–water partition coefficient (Wildman–Crippen LogP) is 3.23. The predicted molar refractivity (Wildman–Crippen MR) is 95.8 cm³/mol. The largest absolute Gasteiger partial charge is 0.497 e. The van der Waals surface area contributed by atoms with Gasteiger partial charge in [0.15, 0.2) is 5.69 Å². The number of benzene rings is 1. The Hall–Kier alpha value is -2.71. The number of hydrogen-bond acceptors (Lipinski definition) is 4. The molecule has 0 fully saturated rings. The van der Waals surface area contributed by atoms with Crippen LogP contribution in [0.5, 0.6) is 11.5 Å². The van der Waals surface area contributed by atoms with Gasteiger partial charge >= 0.3 is 6.18 Å². The fourth-order valence-electron chi connectivity index (χ4n) is 3.40. The molecule has 1 aromatic heterocycles. The summed E-state index contributed by atoms with van der Waals surface area (Å²) < 4.78 is 51.4. The molecule has 3 rings (SSSR count). The van der Waals surface area contributed by atoms with E-state index < -0.39 is 11.9 Å². The zero-order valence-electron chi connectivity index (χ0n) is 15.7. The summed E-state index contributed by atoms with van der Waals surface area (Å²) in [7, 11) is 2.96. The summed E-state index contributed by atoms with van der Waals surface area (Å²) in [5.41, 5.74) is 0.458. The Morgan fingerprint density at radius 3 is 2.39 bits per heavy atom. The lowest BCUT2D eigenvalue weighted by Gasteiger charge is -2.15. The molecule has 1 heterocycles. The molecular weight excluding hydrogens is 375 g/mol. The van der Waals surface area contributed by atoms with E-state index in [0.717, 1.165) is 12.8 Å². The first-order valence-electron chi connectivity index (χ1n) is 9.00. The van der Waals surface area contributed by atoms with Gasteiger partial charge < -0.3 is 14.8 Å². The first-order chi connectivity index (χ1) is 13.3. The zero-order chi connectivity index (χ0) is 20.3. The van der Waals surface area contributed by atoms with Crippen LogP contribution in [-0.4, -0.2) is 36.5 Å². The third-order valence-corrected chi connectivity index (χ3v) is 4.75. The van der Waals surface area contributed by atoms with Gasteiger partial charge in [-0.1, -0.05) is 0 Å². The number of nitrogens with zero attached hydrogens (tertiary/aromatic N) is 2. The summed E-state index contributed by atoms with van der Waals surface area (Å²) >= 11 is 0. The van der Waals surface area contributed by atoms with Crippen molar-refractivity contribution in [2.75, 3.05) is 20.8 Å². The van der Waals surface area contributed by atoms with E-state index in [2.05, 4.69) is 10.4 Å². The van der Waals surface area contributed by atoms with Crippen molar-refractivity contribution in [2.24, 2.45) is 0 Å². The van der Waals surface area contributed by atoms with Gasteiger partial charge in [0.2, 0.25) is 0 Å². The maximum Gasteiger partial charge on any atom is 0.435 e. The molecule has 0 unspecified atom stereocenters. The van der Waals surface area contributed by atoms with Crippen LogP contribution in [0.1, 0.15) is 40.2 Å². The van der Waals surface area contributed by atoms with Crippen LogP contribution in [0.15, 0.2) is 18.2 Å². The molecule has 1 aromatic carbocycles. The van der Waals surface area contributed by atoms with Crippen molar-refractivity contribution < 1.29 is 27.4 Å². The van der Waals surface area contributed by atoms with Crippen molar-refractivity contribution in [2.45, 2.75) is 38.4 Å². The zero-order valence-corrected chi connectivity index (χ0v) is 15.7. The van der Waals surface area contributed by atoms with Gasteiger partial charge in [-0.05, 0) is 37.8 Å². The molecule has 28 heavy (non-hydrogen) atoms. The molecule has 152 valence electrons. The van der Waals surface area contributed by atoms with Crippen LogP contribution in [-0.2, 0) is 25.6 Å². The third-order valence-electron chi connectivity index (χ3n) is 4.75. The maximum atomic E-state index is 13.2. The first-order valence-corrected chi connectivity index (χ1v) is 9.00. The highest BCUT2D eigenvalue weighted by Gasteiger charge is 2.39. The van der Waals surface area contributed by atoms with E-state index >= 15 is 0 Å². The number of amides is 1. The van der Waals surface area contributed by atoms with E-state index in [1.54, 1.807) is 18.2 Å². The fourth-order valence-corrected chi connectivity index (χ4v) is 3.40. The molecule has 0 aliphatic heterocycles. The highest BCUT2D eigenvalue weighted by Crippen LogP contribution is 2.35. The number of fused-ring (bicyclic) bond motifs is 1. The number of carbonyl (C=O) groups is 1. The lowest BCUT2D eigenvalue weighted by Crippen LogP contribution is -2.28. The Kier molecular flexibility index (Phi) is 5.81. The molecule has 0 bridgehead atoms. The van der Waals surface area contributed by atoms with E-state index in [4.69, 9.17) is 9.47 Å². The van der Waals surface area contributed by atoms with Gasteiger partial charge in [0.25, 0.3) is 5.91 Å². The van der Waals surface area contributed by atoms with Gasteiger partial charge in [0.05, 0.1) is 20.8 Å². The van der Waals surface area contributed by atoms with Crippen LogP contribution in [0.3, 0.4) is 0 Å². The van der Waals surface area contributed by atoms with Gasteiger partial charge in [-0.2, -0.15) is 18.3 Å². The van der Waals surface area contributed by atoms with Gasteiger partial charge in [0.1, 0.15) is 11.5 Å². The summed E-state index contributed by atoms with van der Waals surface area (Å²) in [6, 6.07) is 4.77. The van der Waals surface area contributed by atoms with Gasteiger partial charge in [-0.3, -0.25) is 9.48 Å². The van der Waals surface area contributed by atoms with Crippen molar-refractivity contribution in [3.8, 4) is 11.5 Å². The van der Waals surface area contributed by atoms with Crippen LogP contribution >= 0.6 is 0 Å². The number of halogens is 3. The molecule has 1 aliphatic rings. The molecule has 2 aromatic rings. The summed E-state index contributed by atoms with van der Waals surface area (Å²) in [5.74, 6) is 0.579. The topological polar surface area (TPSA) is 65.4 Å². The van der Waals surface area contributed by atoms with Crippen LogP contribution in [0.25, 0.3) is 0 Å². The Bertz CT molecular complexity index is 840. The minimum atomic E-state index is -4.47. The lowest BCUT2D eigenvalue weighted by atomic mass is 9.95. The van der Waals surface area contributed by atoms with E-state index in [1.807, 2.05) is 0 Å². The Balaban J connectivity index is 1.70. The van der Waals surface area contributed by atoms with Crippen LogP contribution < -0.4 is 14.8 Å². The second-order valence-corrected chi connectivity index (χ2v) is 6.56. The molecule has 0 saturated carbocycles. The van der Waals surface area contributed by atoms with Crippen molar-refractivity contribution >= 4 is 5.91 Å². The number of ether oxygens (including phenoxy) is 2. The molecule has 9 heteroatoms. The highest BCUT2D eigenvalue weighted by atomic mass is 19.4.